The summed E-state index contributed by atoms with van der Waals surface area (Å²) in [4.78, 5) is 0. The van der Waals surface area contributed by atoms with Gasteiger partial charge in [-0.3, -0.25) is 0 Å². The van der Waals surface area contributed by atoms with Crippen molar-refractivity contribution < 1.29 is 4.52 Å². The lowest BCUT2D eigenvalue weighted by Gasteiger charge is -1.96. The van der Waals surface area contributed by atoms with Gasteiger partial charge in [0.25, 0.3) is 0 Å². The predicted octanol–water partition coefficient (Wildman–Crippen LogP) is 1.91. The molecule has 0 unspecified atom stereocenters. The van der Waals surface area contributed by atoms with Gasteiger partial charge in [-0.2, -0.15) is 0 Å². The Hall–Kier alpha value is -2.21. The Morgan fingerprint density at radius 3 is 2.50 bits per heavy atom. The molecule has 0 aliphatic heterocycles. The smallest absolute Gasteiger partial charge is 0.189 e. The number of rotatable bonds is 1. The lowest BCUT2D eigenvalue weighted by Crippen LogP contribution is -1.84. The van der Waals surface area contributed by atoms with E-state index < -0.39 is 0 Å². The maximum atomic E-state index is 5.65. The Bertz CT molecular complexity index is 477. The van der Waals surface area contributed by atoms with E-state index in [1.165, 1.54) is 6.20 Å². The van der Waals surface area contributed by atoms with Gasteiger partial charge in [0.2, 0.25) is 0 Å². The number of hydrogen-bond donors (Lipinski definition) is 1. The zero-order chi connectivity index (χ0) is 9.97. The minimum Gasteiger partial charge on any atom is -0.394 e. The van der Waals surface area contributed by atoms with Crippen molar-refractivity contribution in [2.75, 3.05) is 5.73 Å². The molecule has 0 fully saturated rings. The first-order valence-corrected chi connectivity index (χ1v) is 4.08. The maximum Gasteiger partial charge on any atom is 0.189 e. The third kappa shape index (κ3) is 1.34. The molecular weight excluding hydrogens is 176 g/mol. The van der Waals surface area contributed by atoms with Crippen LogP contribution in [0.1, 0.15) is 5.56 Å². The molecule has 2 aromatic rings. The van der Waals surface area contributed by atoms with Crippen LogP contribution < -0.4 is 5.73 Å². The number of aromatic nitrogens is 1. The summed E-state index contributed by atoms with van der Waals surface area (Å²) in [7, 11) is 0. The van der Waals surface area contributed by atoms with Gasteiger partial charge in [0, 0.05) is 11.1 Å². The van der Waals surface area contributed by atoms with Crippen molar-refractivity contribution in [2.45, 2.75) is 0 Å². The molecule has 3 nitrogen and oxygen atoms in total. The molecule has 0 amide bonds. The van der Waals surface area contributed by atoms with Gasteiger partial charge in [0.15, 0.2) is 5.76 Å². The van der Waals surface area contributed by atoms with Crippen molar-refractivity contribution in [3.63, 3.8) is 0 Å². The van der Waals surface area contributed by atoms with Gasteiger partial charge in [0.05, 0.1) is 6.20 Å². The molecule has 1 heterocycles. The Kier molecular flexibility index (Phi) is 1.96. The van der Waals surface area contributed by atoms with Gasteiger partial charge in [-0.1, -0.05) is 11.1 Å². The van der Waals surface area contributed by atoms with Crippen molar-refractivity contribution in [3.05, 3.63) is 36.0 Å². The van der Waals surface area contributed by atoms with Crippen molar-refractivity contribution in [3.8, 4) is 23.7 Å². The van der Waals surface area contributed by atoms with E-state index in [9.17, 15) is 0 Å². The topological polar surface area (TPSA) is 52.0 Å². The van der Waals surface area contributed by atoms with Crippen molar-refractivity contribution in [1.29, 1.82) is 0 Å². The number of nitrogens with zero attached hydrogens (tertiary/aromatic N) is 1. The summed E-state index contributed by atoms with van der Waals surface area (Å²) >= 11 is 0. The summed E-state index contributed by atoms with van der Waals surface area (Å²) < 4.78 is 5.00. The second-order valence-corrected chi connectivity index (χ2v) is 2.83. The van der Waals surface area contributed by atoms with Crippen LogP contribution in [0.25, 0.3) is 11.3 Å². The highest BCUT2D eigenvalue weighted by Crippen LogP contribution is 2.25. The van der Waals surface area contributed by atoms with E-state index in [4.69, 9.17) is 16.7 Å². The number of nitrogen functional groups attached to an aromatic ring is 1. The molecule has 0 aliphatic rings. The molecule has 0 spiro atoms. The first-order valence-electron chi connectivity index (χ1n) is 4.08. The van der Waals surface area contributed by atoms with Crippen molar-refractivity contribution in [2.24, 2.45) is 0 Å². The zero-order valence-corrected chi connectivity index (χ0v) is 7.40. The van der Waals surface area contributed by atoms with E-state index in [2.05, 4.69) is 11.1 Å². The highest BCUT2D eigenvalue weighted by Gasteiger charge is 2.06. The molecule has 1 aromatic carbocycles. The van der Waals surface area contributed by atoms with Gasteiger partial charge >= 0.3 is 0 Å². The van der Waals surface area contributed by atoms with Gasteiger partial charge in [-0.25, -0.2) is 0 Å². The Balaban J connectivity index is 2.45. The average molecular weight is 184 g/mol. The maximum absolute atomic E-state index is 5.65. The van der Waals surface area contributed by atoms with Gasteiger partial charge in [-0.05, 0) is 24.3 Å². The quantitative estimate of drug-likeness (QED) is 0.688. The molecule has 3 heteroatoms. The number of nitrogens with two attached hydrogens (primary N) is 1. The van der Waals surface area contributed by atoms with Crippen LogP contribution in [0.3, 0.4) is 0 Å². The van der Waals surface area contributed by atoms with Crippen LogP contribution in [0.15, 0.2) is 35.0 Å². The number of anilines is 1. The van der Waals surface area contributed by atoms with E-state index in [-0.39, 0.29) is 0 Å². The molecule has 2 N–H and O–H groups in total. The van der Waals surface area contributed by atoms with Gasteiger partial charge < -0.3 is 10.3 Å². The minimum atomic E-state index is 0.526. The van der Waals surface area contributed by atoms with Crippen LogP contribution in [0.4, 0.5) is 5.69 Å². The molecule has 2 rings (SSSR count). The highest BCUT2D eigenvalue weighted by atomic mass is 16.5. The Labute approximate surface area is 81.5 Å². The molecule has 0 radical (unpaired) electrons. The minimum absolute atomic E-state index is 0.526. The fourth-order valence-corrected chi connectivity index (χ4v) is 1.18. The number of hydrogen-bond acceptors (Lipinski definition) is 3. The van der Waals surface area contributed by atoms with Gasteiger partial charge in [0.1, 0.15) is 5.69 Å². The summed E-state index contributed by atoms with van der Waals surface area (Å²) in [5, 5.41) is 3.60. The second kappa shape index (κ2) is 3.27. The SMILES string of the molecule is C#Cc1ccc(-c2oncc2N)cc1. The van der Waals surface area contributed by atoms with Crippen LogP contribution >= 0.6 is 0 Å². The molecule has 0 atom stereocenters. The molecule has 14 heavy (non-hydrogen) atoms. The lowest BCUT2D eigenvalue weighted by atomic mass is 10.1. The molecular formula is C11H8N2O. The van der Waals surface area contributed by atoms with Crippen LogP contribution in [-0.2, 0) is 0 Å². The van der Waals surface area contributed by atoms with E-state index >= 15 is 0 Å². The predicted molar refractivity (Wildman–Crippen MR) is 54.3 cm³/mol. The first-order chi connectivity index (χ1) is 6.81. The normalized spacial score (nSPS) is 9.64. The van der Waals surface area contributed by atoms with E-state index in [0.29, 0.717) is 11.4 Å². The van der Waals surface area contributed by atoms with Crippen LogP contribution in [0.5, 0.6) is 0 Å². The Morgan fingerprint density at radius 1 is 1.29 bits per heavy atom. The van der Waals surface area contributed by atoms with Crippen LogP contribution in [0, 0.1) is 12.3 Å². The molecule has 68 valence electrons. The standard InChI is InChI=1S/C11H8N2O/c1-2-8-3-5-9(6-4-8)11-10(12)7-13-14-11/h1,3-7H,12H2. The second-order valence-electron chi connectivity index (χ2n) is 2.83. The fraction of sp³-hybridized carbons (Fsp3) is 0. The monoisotopic (exact) mass is 184 g/mol. The molecule has 0 saturated carbocycles. The van der Waals surface area contributed by atoms with E-state index in [0.717, 1.165) is 11.1 Å². The molecule has 0 saturated heterocycles. The third-order valence-electron chi connectivity index (χ3n) is 1.91. The summed E-state index contributed by atoms with van der Waals surface area (Å²) in [6.45, 7) is 0. The molecule has 0 aliphatic carbocycles. The zero-order valence-electron chi connectivity index (χ0n) is 7.40. The van der Waals surface area contributed by atoms with E-state index in [1.54, 1.807) is 0 Å². The van der Waals surface area contributed by atoms with Crippen molar-refractivity contribution in [1.82, 2.24) is 5.16 Å². The molecule has 1 aromatic heterocycles. The van der Waals surface area contributed by atoms with E-state index in [1.807, 2.05) is 24.3 Å². The summed E-state index contributed by atoms with van der Waals surface area (Å²) in [6.07, 6.45) is 6.71. The average Bonchev–Trinajstić information content (AvgIpc) is 2.65. The van der Waals surface area contributed by atoms with Crippen LogP contribution in [0.2, 0.25) is 0 Å². The largest absolute Gasteiger partial charge is 0.394 e. The number of benzene rings is 1. The summed E-state index contributed by atoms with van der Waals surface area (Å²) in [5.41, 5.74) is 7.87. The number of terminal acetylenes is 1. The lowest BCUT2D eigenvalue weighted by molar-refractivity contribution is 0.432. The highest BCUT2D eigenvalue weighted by molar-refractivity contribution is 5.70. The Morgan fingerprint density at radius 2 is 2.00 bits per heavy atom. The van der Waals surface area contributed by atoms with Crippen LogP contribution in [-0.4, -0.2) is 5.16 Å². The van der Waals surface area contributed by atoms with Gasteiger partial charge in [-0.15, -0.1) is 6.42 Å². The molecule has 0 bridgehead atoms. The third-order valence-corrected chi connectivity index (χ3v) is 1.91. The fourth-order valence-electron chi connectivity index (χ4n) is 1.18. The van der Waals surface area contributed by atoms with Crippen molar-refractivity contribution >= 4 is 5.69 Å². The first kappa shape index (κ1) is 8.39. The summed E-state index contributed by atoms with van der Waals surface area (Å²) in [6, 6.07) is 7.37. The summed E-state index contributed by atoms with van der Waals surface area (Å²) in [5.74, 6) is 3.11.